The van der Waals surface area contributed by atoms with Gasteiger partial charge in [-0.05, 0) is 38.6 Å². The number of amides is 1. The minimum absolute atomic E-state index is 0.0107. The lowest BCUT2D eigenvalue weighted by Crippen LogP contribution is -2.49. The molecule has 0 saturated carbocycles. The van der Waals surface area contributed by atoms with Crippen LogP contribution in [0, 0.1) is 5.41 Å². The van der Waals surface area contributed by atoms with Gasteiger partial charge < -0.3 is 15.1 Å². The molecule has 1 aromatic rings. The van der Waals surface area contributed by atoms with Crippen LogP contribution in [-0.2, 0) is 4.79 Å². The summed E-state index contributed by atoms with van der Waals surface area (Å²) in [6, 6.07) is 8.81. The number of hydrogen-bond acceptors (Lipinski definition) is 4. The molecule has 0 spiro atoms. The summed E-state index contributed by atoms with van der Waals surface area (Å²) < 4.78 is 0. The number of piperazine rings is 1. The molecule has 146 valence electrons. The summed E-state index contributed by atoms with van der Waals surface area (Å²) in [4.78, 5) is 19.4. The number of halogens is 1. The molecule has 1 atom stereocenters. The van der Waals surface area contributed by atoms with Crippen LogP contribution >= 0.6 is 11.6 Å². The van der Waals surface area contributed by atoms with E-state index in [0.717, 1.165) is 26.2 Å². The number of likely N-dealkylation sites (N-methyl/N-ethyl adjacent to an activating group) is 1. The van der Waals surface area contributed by atoms with E-state index in [0.29, 0.717) is 12.4 Å². The van der Waals surface area contributed by atoms with Crippen LogP contribution in [0.15, 0.2) is 24.3 Å². The Morgan fingerprint density at radius 2 is 1.77 bits per heavy atom. The summed E-state index contributed by atoms with van der Waals surface area (Å²) in [5.74, 6) is 0.326. The van der Waals surface area contributed by atoms with Gasteiger partial charge in [-0.1, -0.05) is 12.1 Å². The van der Waals surface area contributed by atoms with Crippen LogP contribution in [-0.4, -0.2) is 75.5 Å². The van der Waals surface area contributed by atoms with E-state index in [1.54, 1.807) is 0 Å². The number of benzene rings is 1. The van der Waals surface area contributed by atoms with Crippen molar-refractivity contribution in [1.82, 2.24) is 15.1 Å². The van der Waals surface area contributed by atoms with Crippen molar-refractivity contribution >= 4 is 23.2 Å². The van der Waals surface area contributed by atoms with Crippen LogP contribution in [0.5, 0.6) is 0 Å². The lowest BCUT2D eigenvalue weighted by atomic mass is 9.94. The lowest BCUT2D eigenvalue weighted by molar-refractivity contribution is -0.128. The average Bonchev–Trinajstić information content (AvgIpc) is 2.63. The molecule has 0 unspecified atom stereocenters. The first kappa shape index (κ1) is 21.0. The van der Waals surface area contributed by atoms with Gasteiger partial charge in [-0.15, -0.1) is 11.6 Å². The molecule has 2 rings (SSSR count). The van der Waals surface area contributed by atoms with E-state index in [1.807, 2.05) is 27.9 Å². The van der Waals surface area contributed by atoms with Crippen molar-refractivity contribution in [3.8, 4) is 0 Å². The molecule has 6 heteroatoms. The van der Waals surface area contributed by atoms with Gasteiger partial charge in [0, 0.05) is 58.4 Å². The number of anilines is 1. The lowest BCUT2D eigenvalue weighted by Gasteiger charge is -2.38. The topological polar surface area (TPSA) is 38.8 Å². The molecule has 1 aliphatic rings. The van der Waals surface area contributed by atoms with Gasteiger partial charge in [0.15, 0.2) is 0 Å². The predicted molar refractivity (Wildman–Crippen MR) is 110 cm³/mol. The third kappa shape index (κ3) is 5.35. The molecular weight excluding hydrogens is 348 g/mol. The Morgan fingerprint density at radius 3 is 2.27 bits per heavy atom. The predicted octanol–water partition coefficient (Wildman–Crippen LogP) is 2.42. The summed E-state index contributed by atoms with van der Waals surface area (Å²) in [6.07, 6.45) is 0. The van der Waals surface area contributed by atoms with Crippen LogP contribution in [0.25, 0.3) is 0 Å². The molecule has 26 heavy (non-hydrogen) atoms. The molecule has 1 N–H and O–H groups in total. The van der Waals surface area contributed by atoms with Gasteiger partial charge in [0.25, 0.3) is 0 Å². The summed E-state index contributed by atoms with van der Waals surface area (Å²) in [5.41, 5.74) is 1.87. The number of carbonyl (C=O) groups excluding carboxylic acids is 1. The third-order valence-electron chi connectivity index (χ3n) is 5.18. The zero-order valence-electron chi connectivity index (χ0n) is 16.8. The highest BCUT2D eigenvalue weighted by atomic mass is 35.5. The maximum Gasteiger partial charge on any atom is 0.226 e. The van der Waals surface area contributed by atoms with Gasteiger partial charge in [-0.3, -0.25) is 9.69 Å². The Bertz CT molecular complexity index is 580. The van der Waals surface area contributed by atoms with Gasteiger partial charge in [0.2, 0.25) is 5.91 Å². The molecule has 5 nitrogen and oxygen atoms in total. The fourth-order valence-electron chi connectivity index (χ4n) is 3.08. The summed E-state index contributed by atoms with van der Waals surface area (Å²) in [7, 11) is 6.24. The molecule has 1 aromatic carbocycles. The number of nitrogens with one attached hydrogen (secondary N) is 1. The molecule has 1 heterocycles. The van der Waals surface area contributed by atoms with Crippen LogP contribution in [0.2, 0.25) is 0 Å². The Kier molecular flexibility index (Phi) is 7.33. The van der Waals surface area contributed by atoms with E-state index in [4.69, 9.17) is 11.6 Å². The second-order valence-electron chi connectivity index (χ2n) is 8.07. The van der Waals surface area contributed by atoms with Crippen molar-refractivity contribution < 1.29 is 4.79 Å². The first-order valence-corrected chi connectivity index (χ1v) is 9.82. The number of rotatable bonds is 7. The molecule has 0 radical (unpaired) electrons. The molecule has 0 aliphatic carbocycles. The molecular formula is C20H33ClN4O. The summed E-state index contributed by atoms with van der Waals surface area (Å²) >= 11 is 5.95. The standard InChI is InChI=1S/C20H33ClN4O/c1-20(2,15-21)19(26)22-14-18(25-12-10-24(5)11-13-25)16-6-8-17(9-7-16)23(3)4/h6-9,18H,10-15H2,1-5H3,(H,22,26)/t18-/m0/s1. The van der Waals surface area contributed by atoms with Crippen LogP contribution in [0.3, 0.4) is 0 Å². The van der Waals surface area contributed by atoms with Crippen LogP contribution < -0.4 is 10.2 Å². The second-order valence-corrected chi connectivity index (χ2v) is 8.34. The summed E-state index contributed by atoms with van der Waals surface area (Å²) in [6.45, 7) is 8.47. The second kappa shape index (κ2) is 9.07. The van der Waals surface area contributed by atoms with Crippen molar-refractivity contribution in [3.05, 3.63) is 29.8 Å². The van der Waals surface area contributed by atoms with Gasteiger partial charge >= 0.3 is 0 Å². The fraction of sp³-hybridized carbons (Fsp3) is 0.650. The van der Waals surface area contributed by atoms with Crippen molar-refractivity contribution in [2.45, 2.75) is 19.9 Å². The molecule has 1 fully saturated rings. The third-order valence-corrected chi connectivity index (χ3v) is 5.85. The highest BCUT2D eigenvalue weighted by Crippen LogP contribution is 2.25. The van der Waals surface area contributed by atoms with Crippen LogP contribution in [0.1, 0.15) is 25.5 Å². The van der Waals surface area contributed by atoms with Gasteiger partial charge in [-0.2, -0.15) is 0 Å². The van der Waals surface area contributed by atoms with E-state index in [-0.39, 0.29) is 11.9 Å². The normalized spacial score (nSPS) is 17.8. The number of nitrogens with zero attached hydrogens (tertiary/aromatic N) is 3. The van der Waals surface area contributed by atoms with Crippen molar-refractivity contribution in [1.29, 1.82) is 0 Å². The Morgan fingerprint density at radius 1 is 1.19 bits per heavy atom. The number of hydrogen-bond donors (Lipinski definition) is 1. The van der Waals surface area contributed by atoms with Gasteiger partial charge in [-0.25, -0.2) is 0 Å². The van der Waals surface area contributed by atoms with Crippen molar-refractivity contribution in [2.75, 3.05) is 64.6 Å². The largest absolute Gasteiger partial charge is 0.378 e. The van der Waals surface area contributed by atoms with Gasteiger partial charge in [0.1, 0.15) is 0 Å². The van der Waals surface area contributed by atoms with E-state index in [9.17, 15) is 4.79 Å². The highest BCUT2D eigenvalue weighted by molar-refractivity contribution is 6.19. The minimum Gasteiger partial charge on any atom is -0.378 e. The van der Waals surface area contributed by atoms with E-state index in [1.165, 1.54) is 11.3 Å². The minimum atomic E-state index is -0.553. The monoisotopic (exact) mass is 380 g/mol. The van der Waals surface area contributed by atoms with E-state index < -0.39 is 5.41 Å². The zero-order valence-corrected chi connectivity index (χ0v) is 17.5. The molecule has 0 aromatic heterocycles. The molecule has 1 aliphatic heterocycles. The molecule has 1 saturated heterocycles. The Labute approximate surface area is 163 Å². The quantitative estimate of drug-likeness (QED) is 0.737. The highest BCUT2D eigenvalue weighted by Gasteiger charge is 2.29. The first-order valence-electron chi connectivity index (χ1n) is 9.29. The zero-order chi connectivity index (χ0) is 19.3. The van der Waals surface area contributed by atoms with E-state index >= 15 is 0 Å². The fourth-order valence-corrected chi connectivity index (χ4v) is 3.20. The maximum absolute atomic E-state index is 12.5. The SMILES string of the molecule is CN1CCN([C@@H](CNC(=O)C(C)(C)CCl)c2ccc(N(C)C)cc2)CC1. The van der Waals surface area contributed by atoms with Crippen molar-refractivity contribution in [2.24, 2.45) is 5.41 Å². The van der Waals surface area contributed by atoms with Crippen molar-refractivity contribution in [3.63, 3.8) is 0 Å². The Balaban J connectivity index is 2.15. The smallest absolute Gasteiger partial charge is 0.226 e. The molecule has 0 bridgehead atoms. The number of carbonyl (C=O) groups is 1. The van der Waals surface area contributed by atoms with Gasteiger partial charge in [0.05, 0.1) is 11.5 Å². The summed E-state index contributed by atoms with van der Waals surface area (Å²) in [5, 5.41) is 3.13. The van der Waals surface area contributed by atoms with E-state index in [2.05, 4.69) is 51.3 Å². The Hall–Kier alpha value is -1.30. The molecule has 1 amide bonds. The number of alkyl halides is 1. The van der Waals surface area contributed by atoms with Crippen LogP contribution in [0.4, 0.5) is 5.69 Å². The maximum atomic E-state index is 12.5. The first-order chi connectivity index (χ1) is 12.2. The average molecular weight is 381 g/mol.